The van der Waals surface area contributed by atoms with Crippen molar-refractivity contribution in [1.82, 2.24) is 4.98 Å². The molecule has 1 aromatic carbocycles. The number of aryl methyl sites for hydroxylation is 2. The first-order chi connectivity index (χ1) is 10.4. The number of carbonyl (C=O) groups is 1. The van der Waals surface area contributed by atoms with Crippen LogP contribution in [-0.4, -0.2) is 25.8 Å². The molecular formula is C16H21FIN3O. The summed E-state index contributed by atoms with van der Waals surface area (Å²) in [5.41, 5.74) is 14.4. The maximum atomic E-state index is 14.8. The van der Waals surface area contributed by atoms with Crippen LogP contribution in [0.1, 0.15) is 34.5 Å². The zero-order valence-electron chi connectivity index (χ0n) is 12.8. The monoisotopic (exact) mass is 417 g/mol. The van der Waals surface area contributed by atoms with Gasteiger partial charge >= 0.3 is 136 Å². The molecule has 3 rings (SSSR count). The molecule has 0 bridgehead atoms. The number of aromatic amines is 1. The van der Waals surface area contributed by atoms with Gasteiger partial charge in [-0.2, -0.15) is 0 Å². The normalized spacial score (nSPS) is 20.5. The molecule has 22 heavy (non-hydrogen) atoms. The standard InChI is InChI=1S/C16H21FIN3O/c1-8-9(2)21-15-11(16(20)22)6-12(17)14(13(8)15)18-5-3-4-10(19)7-18/h6,10,21H,3-5,7,19H2,1-2H3,(H2,20,22)/t10-/m0/s1. The summed E-state index contributed by atoms with van der Waals surface area (Å²) in [5.74, 6) is -0.872. The number of hydrogen-bond donors (Lipinski definition) is 3. The number of rotatable bonds is 2. The molecule has 2 heterocycles. The molecular weight excluding hydrogens is 396 g/mol. The van der Waals surface area contributed by atoms with Gasteiger partial charge < -0.3 is 0 Å². The minimum atomic E-state index is -1.67. The van der Waals surface area contributed by atoms with Crippen molar-refractivity contribution >= 4 is 36.6 Å². The number of hydrogen-bond acceptors (Lipinski definition) is 2. The molecule has 1 amide bonds. The van der Waals surface area contributed by atoms with Crippen molar-refractivity contribution in [3.05, 3.63) is 32.3 Å². The number of aromatic nitrogens is 1. The Bertz CT molecular complexity index is 756. The zero-order valence-corrected chi connectivity index (χ0v) is 15.0. The summed E-state index contributed by atoms with van der Waals surface area (Å²) in [5, 5.41) is 0.880. The second-order valence-electron chi connectivity index (χ2n) is 5.91. The maximum absolute atomic E-state index is 14.8. The fourth-order valence-electron chi connectivity index (χ4n) is 3.10. The van der Waals surface area contributed by atoms with E-state index in [0.29, 0.717) is 5.52 Å². The first kappa shape index (κ1) is 15.7. The first-order valence-electron chi connectivity index (χ1n) is 7.38. The fraction of sp³-hybridized carbons (Fsp3) is 0.438. The van der Waals surface area contributed by atoms with Crippen LogP contribution in [0.2, 0.25) is 0 Å². The van der Waals surface area contributed by atoms with Gasteiger partial charge in [0.2, 0.25) is 0 Å². The van der Waals surface area contributed by atoms with Gasteiger partial charge in [-0.25, -0.2) is 0 Å². The van der Waals surface area contributed by atoms with Gasteiger partial charge in [0.15, 0.2) is 0 Å². The molecule has 0 radical (unpaired) electrons. The summed E-state index contributed by atoms with van der Waals surface area (Å²) in [6.45, 7) is 3.92. The number of alkyl halides is 2. The third-order valence-corrected chi connectivity index (χ3v) is 11.2. The van der Waals surface area contributed by atoms with E-state index in [4.69, 9.17) is 11.5 Å². The van der Waals surface area contributed by atoms with Crippen LogP contribution in [0, 0.1) is 23.2 Å². The molecule has 5 N–H and O–H groups in total. The molecule has 1 aliphatic heterocycles. The van der Waals surface area contributed by atoms with Crippen LogP contribution in [0.3, 0.4) is 0 Å². The number of amides is 1. The summed E-state index contributed by atoms with van der Waals surface area (Å²) >= 11 is -1.67. The van der Waals surface area contributed by atoms with Gasteiger partial charge in [-0.15, -0.1) is 0 Å². The number of benzene rings is 1. The van der Waals surface area contributed by atoms with E-state index >= 15 is 0 Å². The Hall–Kier alpha value is -1.15. The number of H-pyrrole nitrogens is 1. The molecule has 1 atom stereocenters. The van der Waals surface area contributed by atoms with Crippen molar-refractivity contribution in [2.45, 2.75) is 32.7 Å². The van der Waals surface area contributed by atoms with Crippen molar-refractivity contribution < 1.29 is 9.18 Å². The Labute approximate surface area is 136 Å². The molecule has 120 valence electrons. The minimum absolute atomic E-state index is 0.185. The molecule has 4 nitrogen and oxygen atoms in total. The number of carbonyl (C=O) groups excluding carboxylic acids is 1. The average Bonchev–Trinajstić information content (AvgIpc) is 2.74. The molecule has 1 aromatic heterocycles. The SMILES string of the molecule is Cc1[nH]c2c(C(N)=O)cc(F)c(I3CCC[C@H](N)C3)c2c1C. The molecule has 2 aromatic rings. The second-order valence-corrected chi connectivity index (χ2v) is 11.6. The summed E-state index contributed by atoms with van der Waals surface area (Å²) in [4.78, 5) is 14.9. The van der Waals surface area contributed by atoms with Crippen molar-refractivity contribution in [1.29, 1.82) is 0 Å². The third-order valence-electron chi connectivity index (χ3n) is 4.32. The molecule has 0 unspecified atom stereocenters. The Morgan fingerprint density at radius 1 is 1.45 bits per heavy atom. The van der Waals surface area contributed by atoms with Crippen molar-refractivity contribution in [2.24, 2.45) is 11.5 Å². The number of nitrogens with two attached hydrogens (primary N) is 2. The van der Waals surface area contributed by atoms with E-state index in [-0.39, 0.29) is 17.4 Å². The first-order valence-corrected chi connectivity index (χ1v) is 11.5. The summed E-state index contributed by atoms with van der Waals surface area (Å²) in [6, 6.07) is 1.50. The van der Waals surface area contributed by atoms with E-state index in [1.165, 1.54) is 6.07 Å². The van der Waals surface area contributed by atoms with Crippen LogP contribution in [0.25, 0.3) is 10.9 Å². The molecule has 6 heteroatoms. The second kappa shape index (κ2) is 5.81. The average molecular weight is 417 g/mol. The van der Waals surface area contributed by atoms with Gasteiger partial charge in [0.05, 0.1) is 0 Å². The van der Waals surface area contributed by atoms with E-state index in [2.05, 4.69) is 4.98 Å². The molecule has 1 saturated heterocycles. The van der Waals surface area contributed by atoms with E-state index in [9.17, 15) is 9.18 Å². The zero-order chi connectivity index (χ0) is 16.0. The third kappa shape index (κ3) is 2.52. The Balaban J connectivity index is 2.28. The Morgan fingerprint density at radius 2 is 2.18 bits per heavy atom. The van der Waals surface area contributed by atoms with Gasteiger partial charge in [0.25, 0.3) is 0 Å². The topological polar surface area (TPSA) is 84.9 Å². The van der Waals surface area contributed by atoms with E-state index in [1.54, 1.807) is 0 Å². The predicted molar refractivity (Wildman–Crippen MR) is 95.9 cm³/mol. The molecule has 1 fully saturated rings. The van der Waals surface area contributed by atoms with Gasteiger partial charge in [-0.05, 0) is 0 Å². The van der Waals surface area contributed by atoms with Crippen LogP contribution in [0.15, 0.2) is 6.07 Å². The molecule has 0 saturated carbocycles. The van der Waals surface area contributed by atoms with Gasteiger partial charge in [-0.3, -0.25) is 0 Å². The van der Waals surface area contributed by atoms with Gasteiger partial charge in [0, 0.05) is 0 Å². The van der Waals surface area contributed by atoms with E-state index in [1.807, 2.05) is 13.8 Å². The van der Waals surface area contributed by atoms with Crippen LogP contribution in [0.4, 0.5) is 4.39 Å². The number of halogens is 2. The quantitative estimate of drug-likeness (QED) is 0.519. The number of primary amides is 1. The van der Waals surface area contributed by atoms with Crippen LogP contribution in [-0.2, 0) is 0 Å². The molecule has 0 spiro atoms. The number of nitrogens with one attached hydrogen (secondary N) is 1. The van der Waals surface area contributed by atoms with Crippen LogP contribution >= 0.6 is 19.8 Å². The summed E-state index contributed by atoms with van der Waals surface area (Å²) < 4.78 is 17.7. The van der Waals surface area contributed by atoms with Gasteiger partial charge in [-0.1, -0.05) is 0 Å². The summed E-state index contributed by atoms with van der Waals surface area (Å²) in [7, 11) is 0. The van der Waals surface area contributed by atoms with Crippen molar-refractivity contribution in [2.75, 3.05) is 8.86 Å². The Morgan fingerprint density at radius 3 is 2.82 bits per heavy atom. The van der Waals surface area contributed by atoms with Crippen molar-refractivity contribution in [3.63, 3.8) is 0 Å². The number of fused-ring (bicyclic) bond motifs is 1. The molecule has 0 aliphatic carbocycles. The van der Waals surface area contributed by atoms with E-state index < -0.39 is 25.7 Å². The predicted octanol–water partition coefficient (Wildman–Crippen LogP) is 2.82. The summed E-state index contributed by atoms with van der Waals surface area (Å²) in [6.07, 6.45) is 2.11. The Kier molecular flexibility index (Phi) is 4.15. The van der Waals surface area contributed by atoms with Crippen LogP contribution in [0.5, 0.6) is 0 Å². The van der Waals surface area contributed by atoms with Crippen molar-refractivity contribution in [3.8, 4) is 0 Å². The molecule has 1 aliphatic rings. The fourth-order valence-corrected chi connectivity index (χ4v) is 10.0. The van der Waals surface area contributed by atoms with Crippen LogP contribution < -0.4 is 11.5 Å². The van der Waals surface area contributed by atoms with Gasteiger partial charge in [0.1, 0.15) is 0 Å². The van der Waals surface area contributed by atoms with E-state index in [0.717, 1.165) is 41.9 Å².